The third-order valence-corrected chi connectivity index (χ3v) is 10.9. The number of hydrogen-bond donors (Lipinski definition) is 4. The molecule has 0 aromatic heterocycles. The summed E-state index contributed by atoms with van der Waals surface area (Å²) < 4.78 is 23.6. The maximum absolute atomic E-state index is 14.5. The molecule has 4 bridgehead atoms. The molecule has 0 saturated heterocycles. The number of hydrogen-bond acceptors (Lipinski definition) is 9. The number of nitrogens with one attached hydrogen (secondary N) is 4. The Bertz CT molecular complexity index is 2510. The molecular formula is C51H58N4O9. The molecule has 4 amide bonds. The molecule has 1 aliphatic rings. The van der Waals surface area contributed by atoms with Gasteiger partial charge in [-0.1, -0.05) is 91.0 Å². The summed E-state index contributed by atoms with van der Waals surface area (Å²) in [7, 11) is 3.21. The Kier molecular flexibility index (Phi) is 15.6. The van der Waals surface area contributed by atoms with Gasteiger partial charge in [-0.2, -0.15) is 0 Å². The van der Waals surface area contributed by atoms with E-state index < -0.39 is 53.5 Å². The third-order valence-electron chi connectivity index (χ3n) is 10.9. The molecule has 3 atom stereocenters. The van der Waals surface area contributed by atoms with Crippen LogP contribution in [0.5, 0.6) is 11.5 Å². The van der Waals surface area contributed by atoms with E-state index in [1.54, 1.807) is 35.0 Å². The monoisotopic (exact) mass is 870 g/mol. The Morgan fingerprint density at radius 1 is 0.750 bits per heavy atom. The number of unbranched alkanes of at least 4 members (excludes halogenated alkanes) is 1. The number of benzene rings is 5. The van der Waals surface area contributed by atoms with Crippen molar-refractivity contribution in [2.45, 2.75) is 96.6 Å². The molecule has 0 saturated carbocycles. The highest BCUT2D eigenvalue weighted by Gasteiger charge is 2.32. The van der Waals surface area contributed by atoms with Crippen molar-refractivity contribution in [3.05, 3.63) is 120 Å². The summed E-state index contributed by atoms with van der Waals surface area (Å²) in [6.45, 7) is 6.89. The minimum Gasteiger partial charge on any atom is -0.496 e. The Morgan fingerprint density at radius 2 is 1.36 bits per heavy atom. The van der Waals surface area contributed by atoms with Crippen molar-refractivity contribution < 1.29 is 42.9 Å². The van der Waals surface area contributed by atoms with E-state index in [2.05, 4.69) is 27.3 Å². The summed E-state index contributed by atoms with van der Waals surface area (Å²) in [5.41, 5.74) is 3.18. The fourth-order valence-electron chi connectivity index (χ4n) is 7.99. The lowest BCUT2D eigenvalue weighted by Crippen LogP contribution is -2.56. The van der Waals surface area contributed by atoms with E-state index in [9.17, 15) is 24.0 Å². The van der Waals surface area contributed by atoms with Gasteiger partial charge in [0.2, 0.25) is 17.7 Å². The molecule has 5 aromatic rings. The maximum Gasteiger partial charge on any atom is 0.407 e. The predicted octanol–water partition coefficient (Wildman–Crippen LogP) is 7.63. The topological polar surface area (TPSA) is 170 Å². The van der Waals surface area contributed by atoms with Gasteiger partial charge in [0.15, 0.2) is 0 Å². The predicted molar refractivity (Wildman–Crippen MR) is 247 cm³/mol. The first kappa shape index (κ1) is 46.6. The van der Waals surface area contributed by atoms with Crippen LogP contribution < -0.4 is 30.7 Å². The number of ether oxygens (including phenoxy) is 4. The number of esters is 1. The van der Waals surface area contributed by atoms with Gasteiger partial charge >= 0.3 is 12.1 Å². The molecule has 4 N–H and O–H groups in total. The van der Waals surface area contributed by atoms with Crippen molar-refractivity contribution in [2.75, 3.05) is 20.8 Å². The quantitative estimate of drug-likeness (QED) is 0.0592. The van der Waals surface area contributed by atoms with Gasteiger partial charge in [-0.25, -0.2) is 9.59 Å². The Morgan fingerprint density at radius 3 is 1.98 bits per heavy atom. The summed E-state index contributed by atoms with van der Waals surface area (Å²) in [4.78, 5) is 67.8. The Hall–Kier alpha value is -6.89. The van der Waals surface area contributed by atoms with Gasteiger partial charge in [0.25, 0.3) is 0 Å². The van der Waals surface area contributed by atoms with Gasteiger partial charge in [-0.3, -0.25) is 14.4 Å². The number of allylic oxidation sites excluding steroid dienone is 1. The van der Waals surface area contributed by atoms with Gasteiger partial charge in [-0.15, -0.1) is 0 Å². The largest absolute Gasteiger partial charge is 0.496 e. The maximum atomic E-state index is 14.5. The Balaban J connectivity index is 1.44. The van der Waals surface area contributed by atoms with Crippen LogP contribution in [0.15, 0.2) is 103 Å². The van der Waals surface area contributed by atoms with E-state index in [-0.39, 0.29) is 32.4 Å². The van der Waals surface area contributed by atoms with Crippen molar-refractivity contribution in [1.29, 1.82) is 0 Å². The van der Waals surface area contributed by atoms with Crippen LogP contribution in [0.3, 0.4) is 0 Å². The minimum atomic E-state index is -1.15. The Labute approximate surface area is 374 Å². The molecule has 0 fully saturated rings. The molecule has 0 radical (unpaired) electrons. The average molecular weight is 871 g/mol. The first-order valence-corrected chi connectivity index (χ1v) is 21.6. The number of alkyl carbamates (subject to hydrolysis) is 1. The number of methoxy groups -OCH3 is 2. The highest BCUT2D eigenvalue weighted by molar-refractivity contribution is 6.11. The van der Waals surface area contributed by atoms with E-state index in [0.717, 1.165) is 43.8 Å². The van der Waals surface area contributed by atoms with Crippen LogP contribution in [0.1, 0.15) is 70.1 Å². The second-order valence-electron chi connectivity index (χ2n) is 16.8. The van der Waals surface area contributed by atoms with Crippen molar-refractivity contribution in [1.82, 2.24) is 21.3 Å². The zero-order valence-electron chi connectivity index (χ0n) is 37.4. The molecule has 0 spiro atoms. The van der Waals surface area contributed by atoms with Crippen LogP contribution in [0, 0.1) is 0 Å². The van der Waals surface area contributed by atoms with E-state index in [4.69, 9.17) is 18.9 Å². The number of carbonyl (C=O) groups is 5. The fourth-order valence-corrected chi connectivity index (χ4v) is 7.99. The van der Waals surface area contributed by atoms with Gasteiger partial charge in [-0.05, 0) is 103 Å². The van der Waals surface area contributed by atoms with Crippen LogP contribution in [0.4, 0.5) is 4.79 Å². The van der Waals surface area contributed by atoms with E-state index in [1.165, 1.54) is 6.92 Å². The second-order valence-corrected chi connectivity index (χ2v) is 16.8. The zero-order chi connectivity index (χ0) is 45.8. The third kappa shape index (κ3) is 12.0. The molecule has 1 aliphatic heterocycles. The molecule has 0 aliphatic carbocycles. The second kappa shape index (κ2) is 21.5. The standard InChI is InChI=1S/C51H58N4O9/c1-32(56)53-42-30-37-29-35-21-11-14-24-39(35)44(46(37)62-6)43-38-23-13-10-20-34(38)28-36(45(43)61-5)22-12-15-26-41(49(59)63-31-33-18-8-7-9-19-33)55-47(57)40(54-48(42)58)25-16-17-27-52-50(60)64-51(2,3)4/h7-15,18-21,23-24,28-29,40-42H,16-17,22,25-27,30-31H2,1-6H3,(H,52,60)(H,53,56)(H,54,58)(H,55,57)/b15-12-/t40-,41+,42?/m1/s1. The van der Waals surface area contributed by atoms with Gasteiger partial charge < -0.3 is 40.2 Å². The lowest BCUT2D eigenvalue weighted by molar-refractivity contribution is -0.149. The van der Waals surface area contributed by atoms with E-state index in [0.29, 0.717) is 36.3 Å². The van der Waals surface area contributed by atoms with Gasteiger partial charge in [0.1, 0.15) is 41.8 Å². The zero-order valence-corrected chi connectivity index (χ0v) is 37.4. The first-order valence-electron chi connectivity index (χ1n) is 21.6. The molecule has 64 heavy (non-hydrogen) atoms. The van der Waals surface area contributed by atoms with Crippen molar-refractivity contribution in [2.24, 2.45) is 0 Å². The number of amides is 4. The summed E-state index contributed by atoms with van der Waals surface area (Å²) in [6.07, 6.45) is 4.69. The summed E-state index contributed by atoms with van der Waals surface area (Å²) in [6, 6.07) is 25.8. The SMILES string of the molecule is COc1c2cc3ccccc3c1-c1c(OC)c(cc3ccccc13)CC(NC(C)=O)C(=O)N[C@H](CCCCNC(=O)OC(C)(C)C)C(=O)N[C@H](C(=O)OCc1ccccc1)C/C=C\C2. The van der Waals surface area contributed by atoms with Crippen LogP contribution in [-0.4, -0.2) is 74.3 Å². The lowest BCUT2D eigenvalue weighted by Gasteiger charge is -2.26. The average Bonchev–Trinajstić information content (AvgIpc) is 3.26. The minimum absolute atomic E-state index is 0.00230. The first-order chi connectivity index (χ1) is 30.8. The molecule has 6 rings (SSSR count). The van der Waals surface area contributed by atoms with Crippen LogP contribution in [0.25, 0.3) is 32.7 Å². The number of rotatable bonds is 11. The number of carbonyl (C=O) groups excluding carboxylic acids is 5. The van der Waals surface area contributed by atoms with E-state index in [1.807, 2.05) is 97.1 Å². The van der Waals surface area contributed by atoms with Crippen LogP contribution in [0.2, 0.25) is 0 Å². The summed E-state index contributed by atoms with van der Waals surface area (Å²) in [5.74, 6) is -1.21. The van der Waals surface area contributed by atoms with Gasteiger partial charge in [0, 0.05) is 31.0 Å². The van der Waals surface area contributed by atoms with Crippen molar-refractivity contribution in [3.8, 4) is 22.6 Å². The van der Waals surface area contributed by atoms with Crippen LogP contribution >= 0.6 is 0 Å². The summed E-state index contributed by atoms with van der Waals surface area (Å²) >= 11 is 0. The van der Waals surface area contributed by atoms with Gasteiger partial charge in [0.05, 0.1) is 14.2 Å². The highest BCUT2D eigenvalue weighted by Crippen LogP contribution is 2.48. The fraction of sp³-hybridized carbons (Fsp3) is 0.353. The molecule has 1 heterocycles. The summed E-state index contributed by atoms with van der Waals surface area (Å²) in [5, 5.41) is 15.0. The van der Waals surface area contributed by atoms with Crippen molar-refractivity contribution >= 4 is 51.3 Å². The number of fused-ring (bicyclic) bond motifs is 9. The molecule has 13 heteroatoms. The molecule has 1 unspecified atom stereocenters. The molecule has 336 valence electrons. The smallest absolute Gasteiger partial charge is 0.407 e. The van der Waals surface area contributed by atoms with E-state index >= 15 is 0 Å². The molecule has 5 aromatic carbocycles. The lowest BCUT2D eigenvalue weighted by atomic mass is 9.87. The molecular weight excluding hydrogens is 813 g/mol. The highest BCUT2D eigenvalue weighted by atomic mass is 16.6. The molecule has 13 nitrogen and oxygen atoms in total. The van der Waals surface area contributed by atoms with Crippen molar-refractivity contribution in [3.63, 3.8) is 0 Å². The normalized spacial score (nSPS) is 17.5. The van der Waals surface area contributed by atoms with Crippen LogP contribution in [-0.2, 0) is 48.1 Å².